The van der Waals surface area contributed by atoms with Crippen molar-refractivity contribution in [2.45, 2.75) is 33.0 Å². The van der Waals surface area contributed by atoms with E-state index in [0.29, 0.717) is 11.4 Å². The molecule has 6 nitrogen and oxygen atoms in total. The quantitative estimate of drug-likeness (QED) is 0.830. The van der Waals surface area contributed by atoms with Gasteiger partial charge in [0.15, 0.2) is 5.69 Å². The van der Waals surface area contributed by atoms with Crippen LogP contribution in [0.3, 0.4) is 0 Å². The van der Waals surface area contributed by atoms with Gasteiger partial charge in [-0.1, -0.05) is 11.6 Å². The smallest absolute Gasteiger partial charge is 0.326 e. The van der Waals surface area contributed by atoms with Crippen molar-refractivity contribution in [3.8, 4) is 0 Å². The summed E-state index contributed by atoms with van der Waals surface area (Å²) in [5, 5.41) is 8.07. The summed E-state index contributed by atoms with van der Waals surface area (Å²) in [5.41, 5.74) is -0.213. The Hall–Kier alpha value is -2.55. The average molecular weight is 389 g/mol. The molecule has 1 unspecified atom stereocenters. The van der Waals surface area contributed by atoms with E-state index >= 15 is 0 Å². The van der Waals surface area contributed by atoms with E-state index in [9.17, 15) is 22.8 Å². The van der Waals surface area contributed by atoms with E-state index in [-0.39, 0.29) is 11.6 Å². The van der Waals surface area contributed by atoms with Crippen molar-refractivity contribution in [3.63, 3.8) is 0 Å². The first kappa shape index (κ1) is 19.8. The minimum atomic E-state index is -4.71. The van der Waals surface area contributed by atoms with Crippen molar-refractivity contribution in [1.82, 2.24) is 9.78 Å². The van der Waals surface area contributed by atoms with Gasteiger partial charge in [-0.15, -0.1) is 0 Å². The van der Waals surface area contributed by atoms with Gasteiger partial charge < -0.3 is 10.6 Å². The number of alkyl halides is 3. The van der Waals surface area contributed by atoms with E-state index in [4.69, 9.17) is 11.6 Å². The van der Waals surface area contributed by atoms with Crippen LogP contribution < -0.4 is 10.6 Å². The number of halogens is 4. The third-order valence-electron chi connectivity index (χ3n) is 3.56. The molecule has 1 heterocycles. The van der Waals surface area contributed by atoms with E-state index in [1.165, 1.54) is 20.8 Å². The fraction of sp³-hybridized carbons (Fsp3) is 0.312. The average Bonchev–Trinajstić information content (AvgIpc) is 2.84. The summed E-state index contributed by atoms with van der Waals surface area (Å²) in [7, 11) is 0. The van der Waals surface area contributed by atoms with Crippen LogP contribution in [0.4, 0.5) is 24.5 Å². The molecule has 0 aliphatic carbocycles. The number of amides is 2. The van der Waals surface area contributed by atoms with Crippen LogP contribution in [0.15, 0.2) is 24.3 Å². The van der Waals surface area contributed by atoms with Gasteiger partial charge in [0.05, 0.1) is 10.7 Å². The molecular weight excluding hydrogens is 373 g/mol. The first-order valence-corrected chi connectivity index (χ1v) is 7.88. The van der Waals surface area contributed by atoms with Crippen molar-refractivity contribution >= 4 is 34.8 Å². The van der Waals surface area contributed by atoms with Crippen LogP contribution in [-0.4, -0.2) is 21.6 Å². The summed E-state index contributed by atoms with van der Waals surface area (Å²) in [6.07, 6.45) is -4.71. The molecule has 2 N–H and O–H groups in total. The molecule has 0 spiro atoms. The topological polar surface area (TPSA) is 76.0 Å². The lowest BCUT2D eigenvalue weighted by Gasteiger charge is -2.15. The number of anilines is 2. The van der Waals surface area contributed by atoms with Crippen LogP contribution in [0.25, 0.3) is 0 Å². The van der Waals surface area contributed by atoms with Gasteiger partial charge in [-0.25, -0.2) is 0 Å². The zero-order valence-electron chi connectivity index (χ0n) is 14.1. The number of aromatic nitrogens is 2. The van der Waals surface area contributed by atoms with Gasteiger partial charge in [0.2, 0.25) is 11.8 Å². The zero-order chi connectivity index (χ0) is 19.6. The fourth-order valence-electron chi connectivity index (χ4n) is 2.25. The summed E-state index contributed by atoms with van der Waals surface area (Å²) >= 11 is 5.70. The summed E-state index contributed by atoms with van der Waals surface area (Å²) in [5.74, 6) is -0.796. The fourth-order valence-corrected chi connectivity index (χ4v) is 2.49. The van der Waals surface area contributed by atoms with E-state index in [2.05, 4.69) is 15.7 Å². The summed E-state index contributed by atoms with van der Waals surface area (Å²) in [4.78, 5) is 23.3. The summed E-state index contributed by atoms with van der Waals surface area (Å²) in [6.45, 7) is 4.14. The van der Waals surface area contributed by atoms with Gasteiger partial charge in [-0.2, -0.15) is 18.3 Å². The molecule has 140 valence electrons. The molecule has 10 heteroatoms. The molecule has 1 aromatic carbocycles. The maximum Gasteiger partial charge on any atom is 0.436 e. The molecule has 0 fully saturated rings. The van der Waals surface area contributed by atoms with Gasteiger partial charge in [0.1, 0.15) is 6.04 Å². The predicted molar refractivity (Wildman–Crippen MR) is 91.1 cm³/mol. The van der Waals surface area contributed by atoms with E-state index < -0.39 is 28.8 Å². The molecule has 1 aromatic heterocycles. The number of benzene rings is 1. The van der Waals surface area contributed by atoms with E-state index in [0.717, 1.165) is 4.68 Å². The van der Waals surface area contributed by atoms with Gasteiger partial charge in [-0.05, 0) is 38.1 Å². The minimum absolute atomic E-state index is 0.0441. The van der Waals surface area contributed by atoms with Crippen LogP contribution in [0.5, 0.6) is 0 Å². The van der Waals surface area contributed by atoms with Crippen molar-refractivity contribution < 1.29 is 22.8 Å². The lowest BCUT2D eigenvalue weighted by atomic mass is 10.2. The molecule has 0 aliphatic heterocycles. The molecule has 0 saturated carbocycles. The third-order valence-corrected chi connectivity index (χ3v) is 4.02. The lowest BCUT2D eigenvalue weighted by Crippen LogP contribution is -2.25. The minimum Gasteiger partial charge on any atom is -0.326 e. The number of nitrogens with one attached hydrogen (secondary N) is 2. The number of hydrogen-bond donors (Lipinski definition) is 2. The summed E-state index contributed by atoms with van der Waals surface area (Å²) < 4.78 is 39.6. The second-order valence-corrected chi connectivity index (χ2v) is 5.99. The standard InChI is InChI=1S/C16H16ClF3N4O2/c1-8-13(17)14(16(18,19)20)23-24(8)9(2)15(26)22-12-6-4-11(5-7-12)21-10(3)25/h4-7,9H,1-3H3,(H,21,25)(H,22,26). The van der Waals surface area contributed by atoms with Gasteiger partial charge in [0, 0.05) is 18.3 Å². The van der Waals surface area contributed by atoms with Gasteiger partial charge in [-0.3, -0.25) is 14.3 Å². The Bertz CT molecular complexity index is 831. The van der Waals surface area contributed by atoms with Crippen LogP contribution in [-0.2, 0) is 15.8 Å². The second kappa shape index (κ2) is 7.36. The molecule has 0 bridgehead atoms. The Labute approximate surface area is 152 Å². The molecule has 26 heavy (non-hydrogen) atoms. The molecule has 2 amide bonds. The summed E-state index contributed by atoms with van der Waals surface area (Å²) in [6, 6.07) is 5.26. The van der Waals surface area contributed by atoms with Crippen LogP contribution >= 0.6 is 11.6 Å². The Morgan fingerprint density at radius 1 is 1.15 bits per heavy atom. The second-order valence-electron chi connectivity index (χ2n) is 5.61. The van der Waals surface area contributed by atoms with E-state index in [1.807, 2.05) is 0 Å². The lowest BCUT2D eigenvalue weighted by molar-refractivity contribution is -0.141. The first-order valence-electron chi connectivity index (χ1n) is 7.51. The highest BCUT2D eigenvalue weighted by molar-refractivity contribution is 6.32. The molecule has 2 rings (SSSR count). The zero-order valence-corrected chi connectivity index (χ0v) is 14.9. The number of carbonyl (C=O) groups is 2. The molecule has 0 aliphatic rings. The van der Waals surface area contributed by atoms with Crippen LogP contribution in [0.2, 0.25) is 5.02 Å². The van der Waals surface area contributed by atoms with Crippen molar-refractivity contribution in [1.29, 1.82) is 0 Å². The Morgan fingerprint density at radius 3 is 2.08 bits per heavy atom. The number of carbonyl (C=O) groups excluding carboxylic acids is 2. The normalized spacial score (nSPS) is 12.6. The highest BCUT2D eigenvalue weighted by Crippen LogP contribution is 2.36. The highest BCUT2D eigenvalue weighted by atomic mass is 35.5. The number of hydrogen-bond acceptors (Lipinski definition) is 3. The van der Waals surface area contributed by atoms with E-state index in [1.54, 1.807) is 24.3 Å². The molecule has 1 atom stereocenters. The molecular formula is C16H16ClF3N4O2. The van der Waals surface area contributed by atoms with Crippen LogP contribution in [0, 0.1) is 6.92 Å². The third kappa shape index (κ3) is 4.34. The number of nitrogens with zero attached hydrogens (tertiary/aromatic N) is 2. The predicted octanol–water partition coefficient (Wildman–Crippen LogP) is 4.02. The SMILES string of the molecule is CC(=O)Nc1ccc(NC(=O)C(C)n2nc(C(F)(F)F)c(Cl)c2C)cc1. The van der Waals surface area contributed by atoms with Crippen molar-refractivity contribution in [2.75, 3.05) is 10.6 Å². The molecule has 0 saturated heterocycles. The largest absolute Gasteiger partial charge is 0.436 e. The Balaban J connectivity index is 2.16. The van der Waals surface area contributed by atoms with Crippen molar-refractivity contribution in [3.05, 3.63) is 40.7 Å². The van der Waals surface area contributed by atoms with Gasteiger partial charge in [0.25, 0.3) is 0 Å². The number of rotatable bonds is 4. The first-order chi connectivity index (χ1) is 12.0. The Morgan fingerprint density at radius 2 is 1.65 bits per heavy atom. The highest BCUT2D eigenvalue weighted by Gasteiger charge is 2.39. The monoisotopic (exact) mass is 388 g/mol. The Kier molecular flexibility index (Phi) is 5.60. The maximum absolute atomic E-state index is 12.9. The molecule has 2 aromatic rings. The van der Waals surface area contributed by atoms with Crippen LogP contribution in [0.1, 0.15) is 31.3 Å². The maximum atomic E-state index is 12.9. The molecule has 0 radical (unpaired) electrons. The van der Waals surface area contributed by atoms with Crippen molar-refractivity contribution in [2.24, 2.45) is 0 Å². The van der Waals surface area contributed by atoms with Gasteiger partial charge >= 0.3 is 6.18 Å².